The number of hydrogen-bond donors (Lipinski definition) is 1. The van der Waals surface area contributed by atoms with E-state index < -0.39 is 0 Å². The van der Waals surface area contributed by atoms with Gasteiger partial charge in [0.15, 0.2) is 0 Å². The molecule has 0 aromatic carbocycles. The second-order valence-corrected chi connectivity index (χ2v) is 7.09. The molecule has 2 heterocycles. The molecule has 1 aliphatic rings. The van der Waals surface area contributed by atoms with Crippen molar-refractivity contribution >= 4 is 0 Å². The molecule has 0 bridgehead atoms. The van der Waals surface area contributed by atoms with Crippen molar-refractivity contribution in [2.45, 2.75) is 59.7 Å². The third kappa shape index (κ3) is 3.79. The summed E-state index contributed by atoms with van der Waals surface area (Å²) in [6, 6.07) is 2.41. The van der Waals surface area contributed by atoms with Crippen LogP contribution in [0.5, 0.6) is 0 Å². The van der Waals surface area contributed by atoms with Crippen molar-refractivity contribution in [2.24, 2.45) is 5.92 Å². The fraction of sp³-hybridized carbons (Fsp3) is 0.722. The van der Waals surface area contributed by atoms with E-state index in [9.17, 15) is 4.79 Å². The summed E-state index contributed by atoms with van der Waals surface area (Å²) < 4.78 is 2.06. The number of nitrogens with one attached hydrogen (secondary N) is 1. The third-order valence-electron chi connectivity index (χ3n) is 4.57. The van der Waals surface area contributed by atoms with Gasteiger partial charge < -0.3 is 14.8 Å². The third-order valence-corrected chi connectivity index (χ3v) is 4.57. The molecule has 124 valence electrons. The molecule has 22 heavy (non-hydrogen) atoms. The molecule has 0 aliphatic carbocycles. The minimum Gasteiger partial charge on any atom is -0.312 e. The highest BCUT2D eigenvalue weighted by Gasteiger charge is 2.21. The lowest BCUT2D eigenvalue weighted by atomic mass is 10.0. The number of hydrogen-bond acceptors (Lipinski definition) is 3. The van der Waals surface area contributed by atoms with Crippen LogP contribution in [0.25, 0.3) is 0 Å². The van der Waals surface area contributed by atoms with Gasteiger partial charge >= 0.3 is 0 Å². The molecule has 0 saturated heterocycles. The summed E-state index contributed by atoms with van der Waals surface area (Å²) >= 11 is 0. The maximum absolute atomic E-state index is 12.9. The van der Waals surface area contributed by atoms with E-state index in [4.69, 9.17) is 0 Å². The number of rotatable bonds is 6. The summed E-state index contributed by atoms with van der Waals surface area (Å²) in [5.74, 6) is 0.598. The Bertz CT molecular complexity index is 562. The SMILES string of the molecule is CCC(C)n1c2c(cc(CNCC(C)C)c1=O)CN(C)CC2. The molecule has 1 N–H and O–H groups in total. The Morgan fingerprint density at radius 3 is 2.68 bits per heavy atom. The molecular formula is C18H31N3O. The first-order valence-corrected chi connectivity index (χ1v) is 8.59. The van der Waals surface area contributed by atoms with Gasteiger partial charge in [0.2, 0.25) is 0 Å². The molecule has 0 amide bonds. The molecule has 1 atom stereocenters. The van der Waals surface area contributed by atoms with Crippen LogP contribution < -0.4 is 10.9 Å². The smallest absolute Gasteiger partial charge is 0.255 e. The van der Waals surface area contributed by atoms with Crippen LogP contribution in [0.1, 0.15) is 57.0 Å². The molecule has 1 aromatic rings. The molecule has 0 radical (unpaired) electrons. The highest BCUT2D eigenvalue weighted by atomic mass is 16.1. The summed E-state index contributed by atoms with van der Waals surface area (Å²) in [7, 11) is 2.15. The van der Waals surface area contributed by atoms with Crippen LogP contribution in [0, 0.1) is 5.92 Å². The molecular weight excluding hydrogens is 274 g/mol. The number of pyridine rings is 1. The predicted octanol–water partition coefficient (Wildman–Crippen LogP) is 2.55. The predicted molar refractivity (Wildman–Crippen MR) is 92.3 cm³/mol. The number of fused-ring (bicyclic) bond motifs is 1. The van der Waals surface area contributed by atoms with Gasteiger partial charge in [0.05, 0.1) is 0 Å². The van der Waals surface area contributed by atoms with Gasteiger partial charge in [-0.25, -0.2) is 0 Å². The summed E-state index contributed by atoms with van der Waals surface area (Å²) in [4.78, 5) is 15.2. The monoisotopic (exact) mass is 305 g/mol. The second-order valence-electron chi connectivity index (χ2n) is 7.09. The van der Waals surface area contributed by atoms with Crippen molar-refractivity contribution in [1.29, 1.82) is 0 Å². The molecule has 2 rings (SSSR count). The molecule has 0 fully saturated rings. The van der Waals surface area contributed by atoms with Crippen molar-refractivity contribution in [1.82, 2.24) is 14.8 Å². The lowest BCUT2D eigenvalue weighted by molar-refractivity contribution is 0.299. The summed E-state index contributed by atoms with van der Waals surface area (Å²) in [5, 5.41) is 3.42. The van der Waals surface area contributed by atoms with Gasteiger partial charge in [-0.1, -0.05) is 20.8 Å². The van der Waals surface area contributed by atoms with Crippen LogP contribution in [0.2, 0.25) is 0 Å². The molecule has 0 saturated carbocycles. The maximum atomic E-state index is 12.9. The Morgan fingerprint density at radius 1 is 1.32 bits per heavy atom. The quantitative estimate of drug-likeness (QED) is 0.877. The number of nitrogens with zero attached hydrogens (tertiary/aromatic N) is 2. The van der Waals surface area contributed by atoms with Crippen molar-refractivity contribution in [3.63, 3.8) is 0 Å². The van der Waals surface area contributed by atoms with Crippen LogP contribution in [0.15, 0.2) is 10.9 Å². The Hall–Kier alpha value is -1.13. The minimum atomic E-state index is 0.203. The van der Waals surface area contributed by atoms with Gasteiger partial charge in [-0.3, -0.25) is 4.79 Å². The zero-order valence-corrected chi connectivity index (χ0v) is 14.8. The minimum absolute atomic E-state index is 0.203. The average molecular weight is 305 g/mol. The van der Waals surface area contributed by atoms with Gasteiger partial charge in [0, 0.05) is 43.4 Å². The second kappa shape index (κ2) is 7.42. The van der Waals surface area contributed by atoms with Crippen molar-refractivity contribution in [3.05, 3.63) is 33.2 Å². The fourth-order valence-corrected chi connectivity index (χ4v) is 3.14. The van der Waals surface area contributed by atoms with E-state index in [0.29, 0.717) is 12.5 Å². The van der Waals surface area contributed by atoms with Crippen molar-refractivity contribution in [2.75, 3.05) is 20.1 Å². The van der Waals surface area contributed by atoms with Crippen LogP contribution in [0.4, 0.5) is 0 Å². The topological polar surface area (TPSA) is 37.3 Å². The highest BCUT2D eigenvalue weighted by Crippen LogP contribution is 2.21. The standard InChI is InChI=1S/C18H31N3O/c1-6-14(4)21-17-7-8-20(5)12-16(17)9-15(18(21)22)11-19-10-13(2)3/h9,13-14,19H,6-8,10-12H2,1-5H3. The summed E-state index contributed by atoms with van der Waals surface area (Å²) in [5.41, 5.74) is 3.70. The Labute approximate surface area is 134 Å². The molecule has 1 aliphatic heterocycles. The van der Waals surface area contributed by atoms with E-state index in [-0.39, 0.29) is 11.6 Å². The lowest BCUT2D eigenvalue weighted by Crippen LogP contribution is -2.37. The Balaban J connectivity index is 2.38. The first kappa shape index (κ1) is 17.2. The molecule has 0 spiro atoms. The molecule has 4 nitrogen and oxygen atoms in total. The van der Waals surface area contributed by atoms with E-state index in [2.05, 4.69) is 55.6 Å². The lowest BCUT2D eigenvalue weighted by Gasteiger charge is -2.30. The van der Waals surface area contributed by atoms with E-state index >= 15 is 0 Å². The molecule has 1 aromatic heterocycles. The summed E-state index contributed by atoms with van der Waals surface area (Å²) in [6.07, 6.45) is 1.97. The Kier molecular flexibility index (Phi) is 5.81. The zero-order valence-electron chi connectivity index (χ0n) is 14.8. The zero-order chi connectivity index (χ0) is 16.3. The van der Waals surface area contributed by atoms with Gasteiger partial charge in [-0.2, -0.15) is 0 Å². The largest absolute Gasteiger partial charge is 0.312 e. The number of aromatic nitrogens is 1. The van der Waals surface area contributed by atoms with Crippen molar-refractivity contribution < 1.29 is 0 Å². The van der Waals surface area contributed by atoms with Gasteiger partial charge in [0.1, 0.15) is 0 Å². The first-order chi connectivity index (χ1) is 10.4. The highest BCUT2D eigenvalue weighted by molar-refractivity contribution is 5.29. The maximum Gasteiger partial charge on any atom is 0.255 e. The van der Waals surface area contributed by atoms with Gasteiger partial charge in [-0.15, -0.1) is 0 Å². The average Bonchev–Trinajstić information content (AvgIpc) is 2.47. The fourth-order valence-electron chi connectivity index (χ4n) is 3.14. The van der Waals surface area contributed by atoms with E-state index in [0.717, 1.165) is 38.0 Å². The van der Waals surface area contributed by atoms with Crippen LogP contribution in [0.3, 0.4) is 0 Å². The van der Waals surface area contributed by atoms with E-state index in [1.807, 2.05) is 0 Å². The van der Waals surface area contributed by atoms with E-state index in [1.165, 1.54) is 11.3 Å². The van der Waals surface area contributed by atoms with Crippen LogP contribution in [-0.4, -0.2) is 29.6 Å². The molecule has 1 unspecified atom stereocenters. The van der Waals surface area contributed by atoms with Crippen LogP contribution >= 0.6 is 0 Å². The van der Waals surface area contributed by atoms with Crippen LogP contribution in [-0.2, 0) is 19.5 Å². The number of likely N-dealkylation sites (N-methyl/N-ethyl adjacent to an activating group) is 1. The Morgan fingerprint density at radius 2 is 2.05 bits per heavy atom. The van der Waals surface area contributed by atoms with Crippen molar-refractivity contribution in [3.8, 4) is 0 Å². The normalized spacial score (nSPS) is 16.8. The first-order valence-electron chi connectivity index (χ1n) is 8.59. The van der Waals surface area contributed by atoms with Gasteiger partial charge in [-0.05, 0) is 44.5 Å². The van der Waals surface area contributed by atoms with Gasteiger partial charge in [0.25, 0.3) is 5.56 Å². The molecule has 4 heteroatoms. The van der Waals surface area contributed by atoms with E-state index in [1.54, 1.807) is 0 Å². The summed E-state index contributed by atoms with van der Waals surface area (Å²) in [6.45, 7) is 12.3.